The van der Waals surface area contributed by atoms with Crippen molar-refractivity contribution in [3.05, 3.63) is 53.1 Å². The van der Waals surface area contributed by atoms with Crippen molar-refractivity contribution in [1.29, 1.82) is 0 Å². The third-order valence-electron chi connectivity index (χ3n) is 4.66. The van der Waals surface area contributed by atoms with Gasteiger partial charge in [0.05, 0.1) is 15.8 Å². The zero-order valence-corrected chi connectivity index (χ0v) is 14.0. The van der Waals surface area contributed by atoms with E-state index >= 15 is 0 Å². The van der Waals surface area contributed by atoms with Crippen LogP contribution in [0.25, 0.3) is 26.9 Å². The third kappa shape index (κ3) is 2.03. The maximum absolute atomic E-state index is 12.0. The molecule has 0 bridgehead atoms. The summed E-state index contributed by atoms with van der Waals surface area (Å²) in [6.07, 6.45) is 3.28. The van der Waals surface area contributed by atoms with Crippen LogP contribution in [0.4, 0.5) is 0 Å². The fourth-order valence-corrected chi connectivity index (χ4v) is 4.51. The van der Waals surface area contributed by atoms with E-state index in [1.54, 1.807) is 11.3 Å². The number of hydrogen-bond donors (Lipinski definition) is 0. The number of Topliss-reactive ketones (excluding diaryl/α,β-unsaturated/α-hetero) is 1. The Morgan fingerprint density at radius 1 is 1.25 bits per heavy atom. The van der Waals surface area contributed by atoms with Gasteiger partial charge in [0.1, 0.15) is 16.9 Å². The molecule has 0 radical (unpaired) electrons. The van der Waals surface area contributed by atoms with Gasteiger partial charge >= 0.3 is 0 Å². The summed E-state index contributed by atoms with van der Waals surface area (Å²) in [6.45, 7) is 2.07. The molecule has 1 aliphatic carbocycles. The second-order valence-corrected chi connectivity index (χ2v) is 7.42. The molecule has 3 nitrogen and oxygen atoms in total. The van der Waals surface area contributed by atoms with Gasteiger partial charge in [-0.3, -0.25) is 4.79 Å². The second-order valence-electron chi connectivity index (χ2n) is 6.39. The van der Waals surface area contributed by atoms with Crippen LogP contribution in [0.5, 0.6) is 5.75 Å². The number of ether oxygens (including phenoxy) is 1. The number of hydrogen-bond acceptors (Lipinski definition) is 4. The standard InChI is InChI=1S/C20H15NO2S/c1-11-8-12-10-13-16(22)6-7-17(13)23-19(12)14(9-11)20-21-15-4-2-3-5-18(15)24-20/h2-5,8-10,17H,6-7H2,1H3. The fraction of sp³-hybridized carbons (Fsp3) is 0.200. The Hall–Kier alpha value is -2.46. The van der Waals surface area contributed by atoms with Crippen molar-refractivity contribution in [2.45, 2.75) is 25.9 Å². The minimum absolute atomic E-state index is 0.0964. The lowest BCUT2D eigenvalue weighted by molar-refractivity contribution is -0.114. The number of nitrogens with zero attached hydrogens (tertiary/aromatic N) is 1. The fourth-order valence-electron chi connectivity index (χ4n) is 3.53. The first-order chi connectivity index (χ1) is 11.7. The predicted molar refractivity (Wildman–Crippen MR) is 96.4 cm³/mol. The summed E-state index contributed by atoms with van der Waals surface area (Å²) in [5, 5.41) is 0.970. The number of aryl methyl sites for hydroxylation is 1. The van der Waals surface area contributed by atoms with Crippen molar-refractivity contribution < 1.29 is 9.53 Å². The van der Waals surface area contributed by atoms with Gasteiger partial charge in [-0.1, -0.05) is 12.1 Å². The second kappa shape index (κ2) is 5.02. The molecule has 3 aromatic rings. The Kier molecular flexibility index (Phi) is 2.91. The molecule has 0 N–H and O–H groups in total. The Morgan fingerprint density at radius 3 is 3.00 bits per heavy atom. The molecule has 0 saturated heterocycles. The Bertz CT molecular complexity index is 998. The lowest BCUT2D eigenvalue weighted by atomic mass is 9.98. The van der Waals surface area contributed by atoms with Gasteiger partial charge in [0.15, 0.2) is 5.78 Å². The zero-order valence-electron chi connectivity index (χ0n) is 13.2. The van der Waals surface area contributed by atoms with Crippen LogP contribution in [-0.4, -0.2) is 16.9 Å². The van der Waals surface area contributed by atoms with E-state index in [4.69, 9.17) is 9.72 Å². The zero-order chi connectivity index (χ0) is 16.3. The molecule has 1 aromatic heterocycles. The molecule has 24 heavy (non-hydrogen) atoms. The Morgan fingerprint density at radius 2 is 2.12 bits per heavy atom. The molecule has 118 valence electrons. The third-order valence-corrected chi connectivity index (χ3v) is 5.73. The van der Waals surface area contributed by atoms with Gasteiger partial charge in [-0.2, -0.15) is 0 Å². The Labute approximate surface area is 143 Å². The topological polar surface area (TPSA) is 39.2 Å². The van der Waals surface area contributed by atoms with Crippen molar-refractivity contribution in [3.63, 3.8) is 0 Å². The lowest BCUT2D eigenvalue weighted by Crippen LogP contribution is -2.20. The van der Waals surface area contributed by atoms with Gasteiger partial charge in [0.25, 0.3) is 0 Å². The highest BCUT2D eigenvalue weighted by Crippen LogP contribution is 2.44. The summed E-state index contributed by atoms with van der Waals surface area (Å²) in [4.78, 5) is 16.8. The summed E-state index contributed by atoms with van der Waals surface area (Å²) in [5.41, 5.74) is 5.00. The van der Waals surface area contributed by atoms with Gasteiger partial charge < -0.3 is 4.74 Å². The largest absolute Gasteiger partial charge is 0.484 e. The SMILES string of the molecule is Cc1cc2c(c(-c3nc4ccccc4s3)c1)OC1CCC(=O)C1=C2. The highest BCUT2D eigenvalue weighted by atomic mass is 32.1. The first-order valence-corrected chi connectivity index (χ1v) is 8.93. The van der Waals surface area contributed by atoms with Gasteiger partial charge in [-0.25, -0.2) is 4.98 Å². The number of aromatic nitrogens is 1. The van der Waals surface area contributed by atoms with Crippen LogP contribution in [0.3, 0.4) is 0 Å². The molecule has 1 saturated carbocycles. The molecule has 2 aromatic carbocycles. The molecule has 1 fully saturated rings. The smallest absolute Gasteiger partial charge is 0.162 e. The minimum atomic E-state index is -0.0964. The van der Waals surface area contributed by atoms with Crippen LogP contribution in [0.1, 0.15) is 24.0 Å². The average Bonchev–Trinajstić information content (AvgIpc) is 3.16. The number of fused-ring (bicyclic) bond motifs is 3. The molecule has 1 aliphatic heterocycles. The average molecular weight is 333 g/mol. The molecule has 0 spiro atoms. The van der Waals surface area contributed by atoms with Crippen LogP contribution >= 0.6 is 11.3 Å². The lowest BCUT2D eigenvalue weighted by Gasteiger charge is -2.24. The van der Waals surface area contributed by atoms with Crippen LogP contribution in [-0.2, 0) is 4.79 Å². The molecular weight excluding hydrogens is 318 g/mol. The van der Waals surface area contributed by atoms with Crippen molar-refractivity contribution >= 4 is 33.4 Å². The van der Waals surface area contributed by atoms with Gasteiger partial charge in [-0.05, 0) is 49.2 Å². The number of carbonyl (C=O) groups is 1. The summed E-state index contributed by atoms with van der Waals surface area (Å²) in [5.74, 6) is 1.08. The number of para-hydroxylation sites is 1. The van der Waals surface area contributed by atoms with E-state index in [0.29, 0.717) is 6.42 Å². The van der Waals surface area contributed by atoms with E-state index < -0.39 is 0 Å². The number of carbonyl (C=O) groups excluding carboxylic acids is 1. The first-order valence-electron chi connectivity index (χ1n) is 8.11. The minimum Gasteiger partial charge on any atom is -0.484 e. The molecule has 5 rings (SSSR count). The maximum atomic E-state index is 12.0. The summed E-state index contributed by atoms with van der Waals surface area (Å²) >= 11 is 1.68. The molecule has 1 unspecified atom stereocenters. The molecule has 2 heterocycles. The van der Waals surface area contributed by atoms with Crippen LogP contribution in [0, 0.1) is 6.92 Å². The van der Waals surface area contributed by atoms with Crippen LogP contribution in [0.2, 0.25) is 0 Å². The molecular formula is C20H15NO2S. The number of ketones is 1. The van der Waals surface area contributed by atoms with Gasteiger partial charge in [0.2, 0.25) is 0 Å². The first kappa shape index (κ1) is 13.9. The normalized spacial score (nSPS) is 19.0. The quantitative estimate of drug-likeness (QED) is 0.643. The highest BCUT2D eigenvalue weighted by Gasteiger charge is 2.34. The maximum Gasteiger partial charge on any atom is 0.162 e. The summed E-state index contributed by atoms with van der Waals surface area (Å²) in [7, 11) is 0. The Balaban J connectivity index is 1.72. The molecule has 4 heteroatoms. The number of rotatable bonds is 1. The van der Waals surface area contributed by atoms with Crippen LogP contribution < -0.4 is 4.74 Å². The van der Waals surface area contributed by atoms with Gasteiger partial charge in [-0.15, -0.1) is 11.3 Å². The van der Waals surface area contributed by atoms with Crippen LogP contribution in [0.15, 0.2) is 42.0 Å². The van der Waals surface area contributed by atoms with E-state index in [-0.39, 0.29) is 11.9 Å². The monoisotopic (exact) mass is 333 g/mol. The van der Waals surface area contributed by atoms with Gasteiger partial charge in [0, 0.05) is 17.6 Å². The van der Waals surface area contributed by atoms with E-state index in [1.807, 2.05) is 24.3 Å². The highest BCUT2D eigenvalue weighted by molar-refractivity contribution is 7.21. The molecule has 1 atom stereocenters. The van der Waals surface area contributed by atoms with Crippen molar-refractivity contribution in [1.82, 2.24) is 4.98 Å². The van der Waals surface area contributed by atoms with E-state index in [9.17, 15) is 4.79 Å². The van der Waals surface area contributed by atoms with E-state index in [2.05, 4.69) is 25.1 Å². The number of benzene rings is 2. The van der Waals surface area contributed by atoms with E-state index in [0.717, 1.165) is 45.0 Å². The van der Waals surface area contributed by atoms with Crippen molar-refractivity contribution in [2.24, 2.45) is 0 Å². The predicted octanol–water partition coefficient (Wildman–Crippen LogP) is 4.78. The summed E-state index contributed by atoms with van der Waals surface area (Å²) in [6, 6.07) is 12.4. The molecule has 0 amide bonds. The number of thiazole rings is 1. The van der Waals surface area contributed by atoms with E-state index in [1.165, 1.54) is 4.70 Å². The molecule has 2 aliphatic rings. The van der Waals surface area contributed by atoms with Crippen molar-refractivity contribution in [2.75, 3.05) is 0 Å². The summed E-state index contributed by atoms with van der Waals surface area (Å²) < 4.78 is 7.41. The van der Waals surface area contributed by atoms with Crippen molar-refractivity contribution in [3.8, 4) is 16.3 Å².